The zero-order valence-corrected chi connectivity index (χ0v) is 18.5. The van der Waals surface area contributed by atoms with Crippen LogP contribution in [-0.2, 0) is 14.3 Å². The molecule has 0 spiro atoms. The Morgan fingerprint density at radius 2 is 1.70 bits per heavy atom. The first-order valence-electron chi connectivity index (χ1n) is 9.43. The van der Waals surface area contributed by atoms with Gasteiger partial charge in [0, 0.05) is 22.0 Å². The van der Waals surface area contributed by atoms with E-state index >= 15 is 0 Å². The number of benzene rings is 1. The van der Waals surface area contributed by atoms with Gasteiger partial charge in [-0.3, -0.25) is 9.59 Å². The number of hydrogen-bond donors (Lipinski definition) is 2. The second-order valence-electron chi connectivity index (χ2n) is 8.56. The normalized spacial score (nSPS) is 12.1. The maximum absolute atomic E-state index is 12.4. The topological polar surface area (TPSA) is 80.3 Å². The van der Waals surface area contributed by atoms with Crippen LogP contribution in [0.4, 0.5) is 19.6 Å². The Balaban J connectivity index is 1.99. The molecule has 0 radical (unpaired) electrons. The van der Waals surface area contributed by atoms with Crippen molar-refractivity contribution in [2.24, 2.45) is 10.8 Å². The van der Waals surface area contributed by atoms with E-state index in [1.54, 1.807) is 31.4 Å². The van der Waals surface area contributed by atoms with E-state index in [1.165, 1.54) is 11.3 Å². The lowest BCUT2D eigenvalue weighted by Crippen LogP contribution is -2.35. The molecule has 0 aliphatic carbocycles. The van der Waals surface area contributed by atoms with Gasteiger partial charge in [0.1, 0.15) is 6.61 Å². The van der Waals surface area contributed by atoms with Gasteiger partial charge in [-0.25, -0.2) is 13.8 Å². The number of carbonyl (C=O) groups is 2. The highest BCUT2D eigenvalue weighted by molar-refractivity contribution is 7.14. The van der Waals surface area contributed by atoms with Gasteiger partial charge in [-0.05, 0) is 26.0 Å². The highest BCUT2D eigenvalue weighted by Gasteiger charge is 2.29. The van der Waals surface area contributed by atoms with E-state index in [2.05, 4.69) is 15.6 Å². The molecule has 0 atom stereocenters. The fourth-order valence-electron chi connectivity index (χ4n) is 2.24. The number of aromatic nitrogens is 1. The van der Waals surface area contributed by atoms with Gasteiger partial charge in [0.2, 0.25) is 11.8 Å². The number of thiazole rings is 1. The third-order valence-corrected chi connectivity index (χ3v) is 4.92. The zero-order chi connectivity index (χ0) is 22.5. The molecule has 0 saturated carbocycles. The van der Waals surface area contributed by atoms with Crippen molar-refractivity contribution in [3.63, 3.8) is 0 Å². The van der Waals surface area contributed by atoms with Gasteiger partial charge >= 0.3 is 0 Å². The molecule has 1 heterocycles. The molecular weight excluding hydrogens is 412 g/mol. The predicted octanol–water partition coefficient (Wildman–Crippen LogP) is 5.04. The smallest absolute Gasteiger partial charge is 0.261 e. The maximum atomic E-state index is 12.4. The van der Waals surface area contributed by atoms with Crippen LogP contribution >= 0.6 is 11.3 Å². The minimum Gasteiger partial charge on any atom is -0.374 e. The summed E-state index contributed by atoms with van der Waals surface area (Å²) in [5, 5.41) is 7.78. The lowest BCUT2D eigenvalue weighted by molar-refractivity contribution is -0.128. The first-order valence-corrected chi connectivity index (χ1v) is 10.3. The van der Waals surface area contributed by atoms with Crippen molar-refractivity contribution in [1.82, 2.24) is 4.98 Å². The third-order valence-electron chi connectivity index (χ3n) is 4.17. The van der Waals surface area contributed by atoms with Crippen LogP contribution in [0.3, 0.4) is 0 Å². The fraction of sp³-hybridized carbons (Fsp3) is 0.476. The minimum absolute atomic E-state index is 0.0750. The molecule has 0 saturated heterocycles. The average Bonchev–Trinajstić information content (AvgIpc) is 3.09. The number of ether oxygens (including phenoxy) is 1. The summed E-state index contributed by atoms with van der Waals surface area (Å²) in [5.41, 5.74) is 0.732. The molecule has 9 heteroatoms. The molecule has 0 aliphatic rings. The quantitative estimate of drug-likeness (QED) is 0.604. The molecule has 0 fully saturated rings. The monoisotopic (exact) mass is 439 g/mol. The van der Waals surface area contributed by atoms with Crippen molar-refractivity contribution in [3.05, 3.63) is 29.6 Å². The Labute approximate surface area is 179 Å². The summed E-state index contributed by atoms with van der Waals surface area (Å²) in [6, 6.07) is 7.25. The summed E-state index contributed by atoms with van der Waals surface area (Å²) in [7, 11) is 0. The molecule has 2 amide bonds. The van der Waals surface area contributed by atoms with E-state index in [-0.39, 0.29) is 18.4 Å². The average molecular weight is 440 g/mol. The largest absolute Gasteiger partial charge is 0.374 e. The van der Waals surface area contributed by atoms with Crippen LogP contribution in [0, 0.1) is 10.8 Å². The highest BCUT2D eigenvalue weighted by Crippen LogP contribution is 2.28. The lowest BCUT2D eigenvalue weighted by atomic mass is 9.94. The molecule has 2 N–H and O–H groups in total. The van der Waals surface area contributed by atoms with Crippen molar-refractivity contribution < 1.29 is 23.1 Å². The van der Waals surface area contributed by atoms with E-state index in [0.29, 0.717) is 16.5 Å². The summed E-state index contributed by atoms with van der Waals surface area (Å²) in [6.07, 6.45) is -2.57. The summed E-state index contributed by atoms with van der Waals surface area (Å²) < 4.78 is 29.3. The Hall–Kier alpha value is -2.39. The molecule has 30 heavy (non-hydrogen) atoms. The van der Waals surface area contributed by atoms with Gasteiger partial charge in [0.25, 0.3) is 6.43 Å². The molecule has 6 nitrogen and oxygen atoms in total. The summed E-state index contributed by atoms with van der Waals surface area (Å²) in [4.78, 5) is 28.9. The van der Waals surface area contributed by atoms with Crippen molar-refractivity contribution in [1.29, 1.82) is 0 Å². The second kappa shape index (κ2) is 9.61. The number of amides is 2. The van der Waals surface area contributed by atoms with Crippen LogP contribution in [0.15, 0.2) is 29.6 Å². The Bertz CT molecular complexity index is 874. The number of rotatable bonds is 8. The molecule has 1 aromatic carbocycles. The summed E-state index contributed by atoms with van der Waals surface area (Å²) in [6.45, 7) is 7.93. The number of carbonyl (C=O) groups excluding carboxylic acids is 2. The molecule has 2 aromatic rings. The first kappa shape index (κ1) is 23.9. The van der Waals surface area contributed by atoms with Crippen molar-refractivity contribution >= 4 is 34.0 Å². The Morgan fingerprint density at radius 3 is 2.27 bits per heavy atom. The number of nitrogens with zero attached hydrogens (tertiary/aromatic N) is 1. The van der Waals surface area contributed by atoms with Gasteiger partial charge in [-0.15, -0.1) is 11.3 Å². The van der Waals surface area contributed by atoms with Crippen LogP contribution in [0.2, 0.25) is 0 Å². The van der Waals surface area contributed by atoms with Crippen molar-refractivity contribution in [3.8, 4) is 11.3 Å². The highest BCUT2D eigenvalue weighted by atomic mass is 32.1. The Morgan fingerprint density at radius 1 is 1.07 bits per heavy atom. The van der Waals surface area contributed by atoms with Crippen LogP contribution in [0.1, 0.15) is 34.6 Å². The summed E-state index contributed by atoms with van der Waals surface area (Å²) in [5.74, 6) is -0.438. The minimum atomic E-state index is -2.57. The van der Waals surface area contributed by atoms with Gasteiger partial charge in [-0.1, -0.05) is 32.9 Å². The predicted molar refractivity (Wildman–Crippen MR) is 115 cm³/mol. The third kappa shape index (κ3) is 6.84. The van der Waals surface area contributed by atoms with Gasteiger partial charge < -0.3 is 15.4 Å². The Kier molecular flexibility index (Phi) is 7.65. The number of halogens is 2. The number of nitrogens with one attached hydrogen (secondary N) is 2. The molecule has 1 aromatic heterocycles. The van der Waals surface area contributed by atoms with Gasteiger partial charge in [0.05, 0.1) is 17.7 Å². The van der Waals surface area contributed by atoms with Crippen LogP contribution < -0.4 is 10.6 Å². The van der Waals surface area contributed by atoms with Gasteiger partial charge in [0.15, 0.2) is 5.13 Å². The SMILES string of the molecule is CC(C)(C)C(=O)Nc1ccc(-c2csc(NC(=O)C(C)(C)COCC(F)F)n2)cc1. The first-order chi connectivity index (χ1) is 13.9. The molecule has 164 valence electrons. The van der Waals surface area contributed by atoms with Crippen LogP contribution in [-0.4, -0.2) is 36.4 Å². The van der Waals surface area contributed by atoms with E-state index in [1.807, 2.05) is 32.9 Å². The fourth-order valence-corrected chi connectivity index (χ4v) is 2.96. The molecule has 0 unspecified atom stereocenters. The molecule has 0 bridgehead atoms. The molecular formula is C21H27F2N3O3S. The molecule has 2 rings (SSSR count). The zero-order valence-electron chi connectivity index (χ0n) is 17.7. The van der Waals surface area contributed by atoms with Crippen molar-refractivity contribution in [2.75, 3.05) is 23.8 Å². The van der Waals surface area contributed by atoms with Crippen molar-refractivity contribution in [2.45, 2.75) is 41.0 Å². The van der Waals surface area contributed by atoms with Crippen LogP contribution in [0.5, 0.6) is 0 Å². The number of anilines is 2. The van der Waals surface area contributed by atoms with E-state index in [4.69, 9.17) is 4.74 Å². The number of alkyl halides is 2. The van der Waals surface area contributed by atoms with Gasteiger partial charge in [-0.2, -0.15) is 0 Å². The number of hydrogen-bond acceptors (Lipinski definition) is 5. The van der Waals surface area contributed by atoms with Crippen LogP contribution in [0.25, 0.3) is 11.3 Å². The summed E-state index contributed by atoms with van der Waals surface area (Å²) >= 11 is 1.26. The standard InChI is InChI=1S/C21H27F2N3O3S/c1-20(2,3)17(27)24-14-8-6-13(7-9-14)15-11-30-19(25-15)26-18(28)21(4,5)12-29-10-16(22)23/h6-9,11,16H,10,12H2,1-5H3,(H,24,27)(H,25,26,28). The maximum Gasteiger partial charge on any atom is 0.261 e. The van der Waals surface area contributed by atoms with E-state index < -0.39 is 23.9 Å². The van der Waals surface area contributed by atoms with E-state index in [0.717, 1.165) is 5.56 Å². The second-order valence-corrected chi connectivity index (χ2v) is 9.42. The van der Waals surface area contributed by atoms with E-state index in [9.17, 15) is 18.4 Å². The lowest BCUT2D eigenvalue weighted by Gasteiger charge is -2.22. The molecule has 0 aliphatic heterocycles.